The Hall–Kier alpha value is -3.25. The molecule has 5 nitrogen and oxygen atoms in total. The number of nitrogens with zero attached hydrogens (tertiary/aromatic N) is 3. The van der Waals surface area contributed by atoms with Crippen LogP contribution in [0.2, 0.25) is 0 Å². The molecule has 2 aromatic heterocycles. The second-order valence-corrected chi connectivity index (χ2v) is 7.33. The van der Waals surface area contributed by atoms with Gasteiger partial charge in [0.25, 0.3) is 0 Å². The number of ether oxygens (including phenoxy) is 1. The number of anilines is 2. The van der Waals surface area contributed by atoms with Crippen molar-refractivity contribution in [1.82, 2.24) is 9.97 Å². The van der Waals surface area contributed by atoms with Gasteiger partial charge in [0.2, 0.25) is 0 Å². The van der Waals surface area contributed by atoms with Crippen molar-refractivity contribution in [3.8, 4) is 16.9 Å². The standard InChI is InChI=1S/C21H16N4OS/c1-26-17-9-15(11-22-12-17)13-2-4-19-20(10-13)27-21(25-19)24-16-3-5-18-14(8-16)6-7-23-18/h2-5,7-12H,6H2,1H3,(H,24,25). The summed E-state index contributed by atoms with van der Waals surface area (Å²) in [6, 6.07) is 14.5. The van der Waals surface area contributed by atoms with Crippen molar-refractivity contribution in [2.24, 2.45) is 4.99 Å². The second-order valence-electron chi connectivity index (χ2n) is 6.30. The van der Waals surface area contributed by atoms with Gasteiger partial charge in [-0.2, -0.15) is 0 Å². The minimum absolute atomic E-state index is 0.750. The van der Waals surface area contributed by atoms with Crippen molar-refractivity contribution in [1.29, 1.82) is 0 Å². The van der Waals surface area contributed by atoms with Crippen molar-refractivity contribution in [2.75, 3.05) is 12.4 Å². The summed E-state index contributed by atoms with van der Waals surface area (Å²) >= 11 is 1.64. The number of nitrogens with one attached hydrogen (secondary N) is 1. The first-order valence-electron chi connectivity index (χ1n) is 8.61. The summed E-state index contributed by atoms with van der Waals surface area (Å²) in [4.78, 5) is 13.3. The third-order valence-electron chi connectivity index (χ3n) is 4.54. The number of methoxy groups -OCH3 is 1. The lowest BCUT2D eigenvalue weighted by Crippen LogP contribution is -1.90. The predicted octanol–water partition coefficient (Wildman–Crippen LogP) is 5.37. The van der Waals surface area contributed by atoms with Gasteiger partial charge in [0.05, 0.1) is 29.2 Å². The van der Waals surface area contributed by atoms with E-state index in [-0.39, 0.29) is 0 Å². The lowest BCUT2D eigenvalue weighted by molar-refractivity contribution is 0.413. The highest BCUT2D eigenvalue weighted by molar-refractivity contribution is 7.22. The number of aliphatic imine (C=N–C) groups is 1. The van der Waals surface area contributed by atoms with E-state index in [1.54, 1.807) is 24.6 Å². The van der Waals surface area contributed by atoms with Gasteiger partial charge in [0.15, 0.2) is 5.13 Å². The van der Waals surface area contributed by atoms with Gasteiger partial charge in [-0.25, -0.2) is 4.98 Å². The summed E-state index contributed by atoms with van der Waals surface area (Å²) in [5.41, 5.74) is 6.44. The molecule has 0 amide bonds. The molecule has 0 bridgehead atoms. The number of rotatable bonds is 4. The van der Waals surface area contributed by atoms with E-state index in [0.717, 1.165) is 50.0 Å². The molecule has 132 valence electrons. The van der Waals surface area contributed by atoms with E-state index in [4.69, 9.17) is 9.72 Å². The first-order valence-corrected chi connectivity index (χ1v) is 9.43. The molecule has 0 saturated carbocycles. The first kappa shape index (κ1) is 16.0. The number of pyridine rings is 1. The number of hydrogen-bond donors (Lipinski definition) is 1. The molecular formula is C21H16N4OS. The number of aromatic nitrogens is 2. The molecule has 0 unspecified atom stereocenters. The van der Waals surface area contributed by atoms with Crippen LogP contribution in [-0.4, -0.2) is 23.3 Å². The highest BCUT2D eigenvalue weighted by Crippen LogP contribution is 2.34. The van der Waals surface area contributed by atoms with Crippen molar-refractivity contribution in [3.05, 3.63) is 60.4 Å². The van der Waals surface area contributed by atoms with Crippen molar-refractivity contribution in [3.63, 3.8) is 0 Å². The van der Waals surface area contributed by atoms with Gasteiger partial charge in [0.1, 0.15) is 5.75 Å². The number of thiazole rings is 1. The van der Waals surface area contributed by atoms with Gasteiger partial charge in [-0.1, -0.05) is 17.4 Å². The summed E-state index contributed by atoms with van der Waals surface area (Å²) in [6.45, 7) is 0. The largest absolute Gasteiger partial charge is 0.495 e. The van der Waals surface area contributed by atoms with E-state index in [1.807, 2.05) is 36.7 Å². The Kier molecular flexibility index (Phi) is 3.83. The zero-order valence-electron chi connectivity index (χ0n) is 14.6. The smallest absolute Gasteiger partial charge is 0.188 e. The van der Waals surface area contributed by atoms with Gasteiger partial charge < -0.3 is 10.1 Å². The van der Waals surface area contributed by atoms with Crippen molar-refractivity contribution < 1.29 is 4.74 Å². The van der Waals surface area contributed by atoms with Crippen LogP contribution in [0.3, 0.4) is 0 Å². The fourth-order valence-corrected chi connectivity index (χ4v) is 4.09. The molecule has 27 heavy (non-hydrogen) atoms. The Morgan fingerprint density at radius 3 is 2.93 bits per heavy atom. The summed E-state index contributed by atoms with van der Waals surface area (Å²) in [5.74, 6) is 0.750. The van der Waals surface area contributed by atoms with Crippen LogP contribution in [0.1, 0.15) is 5.56 Å². The maximum atomic E-state index is 5.27. The molecule has 1 aliphatic heterocycles. The van der Waals surface area contributed by atoms with Crippen LogP contribution in [0, 0.1) is 0 Å². The van der Waals surface area contributed by atoms with Crippen LogP contribution in [0.15, 0.2) is 59.9 Å². The average molecular weight is 372 g/mol. The molecule has 5 rings (SSSR count). The van der Waals surface area contributed by atoms with E-state index in [9.17, 15) is 0 Å². The van der Waals surface area contributed by atoms with Gasteiger partial charge in [-0.3, -0.25) is 9.98 Å². The molecular weight excluding hydrogens is 356 g/mol. The van der Waals surface area contributed by atoms with Gasteiger partial charge in [0, 0.05) is 30.1 Å². The lowest BCUT2D eigenvalue weighted by atomic mass is 10.1. The summed E-state index contributed by atoms with van der Waals surface area (Å²) in [7, 11) is 1.65. The molecule has 0 aliphatic carbocycles. The van der Waals surface area contributed by atoms with E-state index < -0.39 is 0 Å². The van der Waals surface area contributed by atoms with E-state index in [0.29, 0.717) is 0 Å². The van der Waals surface area contributed by atoms with Crippen LogP contribution < -0.4 is 10.1 Å². The molecule has 0 saturated heterocycles. The highest BCUT2D eigenvalue weighted by Gasteiger charge is 2.10. The Bertz CT molecular complexity index is 1180. The predicted molar refractivity (Wildman–Crippen MR) is 111 cm³/mol. The van der Waals surface area contributed by atoms with Crippen molar-refractivity contribution in [2.45, 2.75) is 6.42 Å². The maximum Gasteiger partial charge on any atom is 0.188 e. The molecule has 0 spiro atoms. The topological polar surface area (TPSA) is 59.4 Å². The number of benzene rings is 2. The Morgan fingerprint density at radius 2 is 2.00 bits per heavy atom. The Balaban J connectivity index is 1.45. The summed E-state index contributed by atoms with van der Waals surface area (Å²) < 4.78 is 6.40. The second kappa shape index (κ2) is 6.48. The quantitative estimate of drug-likeness (QED) is 0.523. The molecule has 2 aromatic carbocycles. The maximum absolute atomic E-state index is 5.27. The minimum atomic E-state index is 0.750. The van der Waals surface area contributed by atoms with E-state index in [1.165, 1.54) is 5.56 Å². The van der Waals surface area contributed by atoms with Crippen LogP contribution in [0.25, 0.3) is 21.3 Å². The molecule has 4 aromatic rings. The van der Waals surface area contributed by atoms with Gasteiger partial charge >= 0.3 is 0 Å². The van der Waals surface area contributed by atoms with Crippen LogP contribution in [-0.2, 0) is 6.42 Å². The van der Waals surface area contributed by atoms with E-state index in [2.05, 4.69) is 33.5 Å². The summed E-state index contributed by atoms with van der Waals surface area (Å²) in [6.07, 6.45) is 6.39. The summed E-state index contributed by atoms with van der Waals surface area (Å²) in [5, 5.41) is 4.30. The molecule has 1 N–H and O–H groups in total. The first-order chi connectivity index (χ1) is 13.3. The van der Waals surface area contributed by atoms with Gasteiger partial charge in [-0.15, -0.1) is 0 Å². The Morgan fingerprint density at radius 1 is 1.04 bits per heavy atom. The highest BCUT2D eigenvalue weighted by atomic mass is 32.1. The van der Waals surface area contributed by atoms with Crippen LogP contribution in [0.4, 0.5) is 16.5 Å². The fraction of sp³-hybridized carbons (Fsp3) is 0.0952. The lowest BCUT2D eigenvalue weighted by Gasteiger charge is -2.04. The minimum Gasteiger partial charge on any atom is -0.495 e. The molecule has 1 aliphatic rings. The van der Waals surface area contributed by atoms with Gasteiger partial charge in [-0.05, 0) is 47.5 Å². The zero-order chi connectivity index (χ0) is 18.2. The fourth-order valence-electron chi connectivity index (χ4n) is 3.16. The molecule has 0 atom stereocenters. The SMILES string of the molecule is COc1cncc(-c2ccc3nc(Nc4ccc5c(c4)CC=N5)sc3c2)c1. The average Bonchev–Trinajstić information content (AvgIpc) is 3.33. The number of fused-ring (bicyclic) bond motifs is 2. The normalized spacial score (nSPS) is 12.3. The monoisotopic (exact) mass is 372 g/mol. The molecule has 0 radical (unpaired) electrons. The molecule has 0 fully saturated rings. The van der Waals surface area contributed by atoms with Crippen LogP contribution in [0.5, 0.6) is 5.75 Å². The van der Waals surface area contributed by atoms with E-state index >= 15 is 0 Å². The third kappa shape index (κ3) is 3.04. The Labute approximate surface area is 160 Å². The number of hydrogen-bond acceptors (Lipinski definition) is 6. The zero-order valence-corrected chi connectivity index (χ0v) is 15.5. The molecule has 3 heterocycles. The third-order valence-corrected chi connectivity index (χ3v) is 5.48. The molecule has 6 heteroatoms. The van der Waals surface area contributed by atoms with Crippen molar-refractivity contribution >= 4 is 44.3 Å². The van der Waals surface area contributed by atoms with Crippen LogP contribution >= 0.6 is 11.3 Å².